The normalized spacial score (nSPS) is 15.4. The van der Waals surface area contributed by atoms with E-state index in [1.54, 1.807) is 6.07 Å². The molecule has 1 amide bonds. The molecule has 13 heteroatoms. The number of nitrogens with two attached hydrogens (primary N) is 1. The Labute approximate surface area is 230 Å². The van der Waals surface area contributed by atoms with Gasteiger partial charge in [0.25, 0.3) is 5.91 Å². The summed E-state index contributed by atoms with van der Waals surface area (Å²) in [5.74, 6) is -3.08. The van der Waals surface area contributed by atoms with Gasteiger partial charge in [-0.1, -0.05) is 13.0 Å². The number of ether oxygens (including phenoxy) is 1. The quantitative estimate of drug-likeness (QED) is 0.247. The van der Waals surface area contributed by atoms with Crippen molar-refractivity contribution in [3.8, 4) is 17.3 Å². The fraction of sp³-hybridized carbons (Fsp3) is 0.214. The number of anilines is 2. The van der Waals surface area contributed by atoms with Gasteiger partial charge in [0.15, 0.2) is 28.9 Å². The number of halogens is 5. The number of hydrogen-bond donors (Lipinski definition) is 2. The maximum Gasteiger partial charge on any atom is 0.434 e. The molecule has 0 radical (unpaired) electrons. The summed E-state index contributed by atoms with van der Waals surface area (Å²) in [6.45, 7) is 2.14. The first-order valence-corrected chi connectivity index (χ1v) is 12.5. The first-order chi connectivity index (χ1) is 19.5. The number of pyridine rings is 2. The third-order valence-corrected chi connectivity index (χ3v) is 6.57. The third-order valence-electron chi connectivity index (χ3n) is 6.57. The van der Waals surface area contributed by atoms with Crippen LogP contribution in [0, 0.1) is 17.6 Å². The number of alkyl halides is 3. The monoisotopic (exact) mass is 570 g/mol. The molecule has 0 saturated heterocycles. The Balaban J connectivity index is 1.40. The zero-order valence-electron chi connectivity index (χ0n) is 21.5. The van der Waals surface area contributed by atoms with Crippen molar-refractivity contribution in [1.29, 1.82) is 0 Å². The Hall–Kier alpha value is -4.81. The smallest absolute Gasteiger partial charge is 0.434 e. The molecule has 0 fully saturated rings. The maximum atomic E-state index is 15.1. The number of benzene rings is 1. The predicted octanol–water partition coefficient (Wildman–Crippen LogP) is 6.79. The molecule has 3 heterocycles. The molecule has 8 nitrogen and oxygen atoms in total. The van der Waals surface area contributed by atoms with Crippen LogP contribution < -0.4 is 15.8 Å². The molecule has 1 aliphatic carbocycles. The van der Waals surface area contributed by atoms with Crippen molar-refractivity contribution in [2.24, 2.45) is 5.92 Å². The van der Waals surface area contributed by atoms with E-state index >= 15 is 4.39 Å². The zero-order chi connectivity index (χ0) is 29.3. The summed E-state index contributed by atoms with van der Waals surface area (Å²) in [5.41, 5.74) is 5.03. The van der Waals surface area contributed by atoms with Gasteiger partial charge in [-0.25, -0.2) is 23.4 Å². The lowest BCUT2D eigenvalue weighted by molar-refractivity contribution is -0.143. The van der Waals surface area contributed by atoms with Crippen molar-refractivity contribution in [3.63, 3.8) is 0 Å². The number of amides is 1. The van der Waals surface area contributed by atoms with E-state index in [2.05, 4.69) is 33.4 Å². The predicted molar refractivity (Wildman–Crippen MR) is 140 cm³/mol. The molecule has 4 aromatic rings. The van der Waals surface area contributed by atoms with Crippen molar-refractivity contribution in [1.82, 2.24) is 19.7 Å². The van der Waals surface area contributed by atoms with Gasteiger partial charge in [0.2, 0.25) is 0 Å². The van der Waals surface area contributed by atoms with E-state index in [0.29, 0.717) is 17.7 Å². The minimum atomic E-state index is -5.09. The minimum Gasteiger partial charge on any atom is -0.453 e. The average molecular weight is 571 g/mol. The Morgan fingerprint density at radius 3 is 2.59 bits per heavy atom. The number of nitrogen functional groups attached to an aromatic ring is 1. The second kappa shape index (κ2) is 11.0. The van der Waals surface area contributed by atoms with Crippen LogP contribution in [-0.2, 0) is 6.18 Å². The number of carbonyl (C=O) groups is 1. The fourth-order valence-electron chi connectivity index (χ4n) is 4.52. The Bertz CT molecular complexity index is 1650. The maximum absolute atomic E-state index is 15.1. The van der Waals surface area contributed by atoms with Crippen LogP contribution in [0.4, 0.5) is 33.5 Å². The molecular weight excluding hydrogens is 547 g/mol. The SMILES string of the molecule is CC1CC=C(c2c(Oc3ccc(NC(=O)c4cnn(-c5ncccc5F)c4C(F)(F)F)cc3F)ccnc2N)CC1. The molecule has 0 spiro atoms. The van der Waals surface area contributed by atoms with Gasteiger partial charge in [-0.2, -0.15) is 18.3 Å². The molecule has 212 valence electrons. The van der Waals surface area contributed by atoms with Gasteiger partial charge in [0.1, 0.15) is 11.6 Å². The zero-order valence-corrected chi connectivity index (χ0v) is 21.5. The molecule has 1 atom stereocenters. The summed E-state index contributed by atoms with van der Waals surface area (Å²) in [7, 11) is 0. The highest BCUT2D eigenvalue weighted by molar-refractivity contribution is 6.05. The highest BCUT2D eigenvalue weighted by Crippen LogP contribution is 2.40. The standard InChI is InChI=1S/C28H23F5N6O2/c1-15-4-6-16(7-5-15)23-22(10-12-35-25(23)34)41-21-9-8-17(13-20(21)30)38-27(40)18-14-37-39(24(18)28(31,32)33)26-19(29)3-2-11-36-26/h2-3,6,8-15H,4-5,7H2,1H3,(H2,34,35)(H,38,40). The Kier molecular flexibility index (Phi) is 7.43. The summed E-state index contributed by atoms with van der Waals surface area (Å²) in [4.78, 5) is 20.5. The van der Waals surface area contributed by atoms with E-state index in [4.69, 9.17) is 10.5 Å². The highest BCUT2D eigenvalue weighted by Gasteiger charge is 2.41. The van der Waals surface area contributed by atoms with E-state index in [9.17, 15) is 22.4 Å². The molecule has 0 bridgehead atoms. The fourth-order valence-corrected chi connectivity index (χ4v) is 4.52. The number of nitrogens with zero attached hydrogens (tertiary/aromatic N) is 4. The Morgan fingerprint density at radius 2 is 1.90 bits per heavy atom. The first kappa shape index (κ1) is 27.7. The molecule has 0 saturated carbocycles. The number of carbonyl (C=O) groups excluding carboxylic acids is 1. The van der Waals surface area contributed by atoms with Crippen LogP contribution in [0.5, 0.6) is 11.5 Å². The Morgan fingerprint density at radius 1 is 1.10 bits per heavy atom. The lowest BCUT2D eigenvalue weighted by Crippen LogP contribution is -2.21. The van der Waals surface area contributed by atoms with Gasteiger partial charge in [-0.3, -0.25) is 4.79 Å². The number of aromatic nitrogens is 4. The molecule has 41 heavy (non-hydrogen) atoms. The van der Waals surface area contributed by atoms with Crippen LogP contribution in [0.3, 0.4) is 0 Å². The minimum absolute atomic E-state index is 0.150. The van der Waals surface area contributed by atoms with E-state index < -0.39 is 40.8 Å². The second-order valence-corrected chi connectivity index (χ2v) is 9.50. The summed E-state index contributed by atoms with van der Waals surface area (Å²) < 4.78 is 77.0. The number of nitrogens with one attached hydrogen (secondary N) is 1. The van der Waals surface area contributed by atoms with Gasteiger partial charge >= 0.3 is 6.18 Å². The van der Waals surface area contributed by atoms with Crippen molar-refractivity contribution >= 4 is 23.0 Å². The van der Waals surface area contributed by atoms with Crippen LogP contribution in [0.25, 0.3) is 11.4 Å². The molecule has 1 aromatic carbocycles. The lowest BCUT2D eigenvalue weighted by atomic mass is 9.87. The van der Waals surface area contributed by atoms with Gasteiger partial charge in [-0.15, -0.1) is 0 Å². The molecule has 1 aliphatic rings. The van der Waals surface area contributed by atoms with E-state index in [1.165, 1.54) is 24.4 Å². The largest absolute Gasteiger partial charge is 0.453 e. The first-order valence-electron chi connectivity index (χ1n) is 12.5. The average Bonchev–Trinajstić information content (AvgIpc) is 3.38. The van der Waals surface area contributed by atoms with Gasteiger partial charge in [0, 0.05) is 24.1 Å². The van der Waals surface area contributed by atoms with Crippen LogP contribution in [-0.4, -0.2) is 25.7 Å². The second-order valence-electron chi connectivity index (χ2n) is 9.50. The van der Waals surface area contributed by atoms with Gasteiger partial charge in [0.05, 0.1) is 17.3 Å². The topological polar surface area (TPSA) is 108 Å². The number of rotatable bonds is 6. The van der Waals surface area contributed by atoms with Gasteiger partial charge in [-0.05, 0) is 61.1 Å². The summed E-state index contributed by atoms with van der Waals surface area (Å²) in [6.07, 6.45) is 2.69. The number of hydrogen-bond acceptors (Lipinski definition) is 6. The van der Waals surface area contributed by atoms with E-state index in [0.717, 1.165) is 43.2 Å². The van der Waals surface area contributed by atoms with Crippen molar-refractivity contribution in [2.75, 3.05) is 11.1 Å². The van der Waals surface area contributed by atoms with Crippen molar-refractivity contribution in [2.45, 2.75) is 32.4 Å². The van der Waals surface area contributed by atoms with E-state index in [-0.39, 0.29) is 27.7 Å². The van der Waals surface area contributed by atoms with Crippen LogP contribution in [0.2, 0.25) is 0 Å². The summed E-state index contributed by atoms with van der Waals surface area (Å²) in [5, 5.41) is 5.75. The molecule has 1 unspecified atom stereocenters. The van der Waals surface area contributed by atoms with E-state index in [1.807, 2.05) is 0 Å². The highest BCUT2D eigenvalue weighted by atomic mass is 19.4. The van der Waals surface area contributed by atoms with Crippen LogP contribution >= 0.6 is 0 Å². The van der Waals surface area contributed by atoms with Crippen LogP contribution in [0.15, 0.2) is 61.1 Å². The molecule has 5 rings (SSSR count). The molecule has 0 aliphatic heterocycles. The van der Waals surface area contributed by atoms with Crippen molar-refractivity contribution in [3.05, 3.63) is 89.5 Å². The summed E-state index contributed by atoms with van der Waals surface area (Å²) >= 11 is 0. The number of allylic oxidation sites excluding steroid dienone is 2. The molecule has 3 aromatic heterocycles. The third kappa shape index (κ3) is 5.74. The van der Waals surface area contributed by atoms with Crippen molar-refractivity contribution < 1.29 is 31.5 Å². The molecule has 3 N–H and O–H groups in total. The van der Waals surface area contributed by atoms with Gasteiger partial charge < -0.3 is 15.8 Å². The lowest BCUT2D eigenvalue weighted by Gasteiger charge is -2.21. The summed E-state index contributed by atoms with van der Waals surface area (Å²) in [6, 6.07) is 7.04. The van der Waals surface area contributed by atoms with Crippen LogP contribution in [0.1, 0.15) is 47.8 Å². The molecular formula is C28H23F5N6O2.